The first-order valence-electron chi connectivity index (χ1n) is 8.46. The van der Waals surface area contributed by atoms with Crippen LogP contribution in [0.5, 0.6) is 5.75 Å². The molecule has 0 amide bonds. The zero-order valence-corrected chi connectivity index (χ0v) is 15.7. The molecule has 6 nitrogen and oxygen atoms in total. The molecule has 1 fully saturated rings. The third kappa shape index (κ3) is 3.66. The van der Waals surface area contributed by atoms with Crippen LogP contribution in [0.1, 0.15) is 39.0 Å². The van der Waals surface area contributed by atoms with Gasteiger partial charge in [-0.3, -0.25) is 0 Å². The summed E-state index contributed by atoms with van der Waals surface area (Å²) in [6, 6.07) is 7.65. The van der Waals surface area contributed by atoms with E-state index in [0.717, 1.165) is 11.3 Å². The molecule has 26 heavy (non-hydrogen) atoms. The van der Waals surface area contributed by atoms with E-state index in [0.29, 0.717) is 12.2 Å². The molecule has 8 heteroatoms. The van der Waals surface area contributed by atoms with E-state index in [1.807, 2.05) is 52.0 Å². The molecule has 1 aliphatic heterocycles. The Morgan fingerprint density at radius 2 is 1.88 bits per heavy atom. The predicted octanol–water partition coefficient (Wildman–Crippen LogP) is 3.28. The van der Waals surface area contributed by atoms with Crippen molar-refractivity contribution in [3.63, 3.8) is 0 Å². The van der Waals surface area contributed by atoms with Crippen LogP contribution in [0.15, 0.2) is 36.2 Å². The van der Waals surface area contributed by atoms with Crippen LogP contribution in [-0.2, 0) is 15.9 Å². The first-order chi connectivity index (χ1) is 12.2. The van der Waals surface area contributed by atoms with E-state index >= 15 is 0 Å². The largest absolute Gasteiger partial charge is 0.525 e. The van der Waals surface area contributed by atoms with E-state index in [1.165, 1.54) is 6.08 Å². The minimum absolute atomic E-state index is 0.395. The van der Waals surface area contributed by atoms with Gasteiger partial charge in [0, 0.05) is 5.56 Å². The lowest BCUT2D eigenvalue weighted by Crippen LogP contribution is -2.41. The van der Waals surface area contributed by atoms with Gasteiger partial charge < -0.3 is 14.0 Å². The van der Waals surface area contributed by atoms with Crippen LogP contribution in [0.25, 0.3) is 6.08 Å². The molecule has 0 aliphatic carbocycles. The van der Waals surface area contributed by atoms with Crippen molar-refractivity contribution in [3.05, 3.63) is 47.4 Å². The maximum atomic E-state index is 14.5. The molecule has 0 radical (unpaired) electrons. The molecule has 0 N–H and O–H groups in total. The number of benzene rings is 1. The van der Waals surface area contributed by atoms with Crippen LogP contribution in [0.3, 0.4) is 0 Å². The van der Waals surface area contributed by atoms with Crippen LogP contribution < -0.4 is 4.74 Å². The number of methoxy groups -OCH3 is 1. The number of para-hydroxylation sites is 1. The molecule has 0 atom stereocenters. The highest BCUT2D eigenvalue weighted by Gasteiger charge is 2.53. The van der Waals surface area contributed by atoms with Crippen LogP contribution in [-0.4, -0.2) is 40.4 Å². The molecule has 138 valence electrons. The molecule has 0 bridgehead atoms. The fraction of sp³-hybridized carbons (Fsp3) is 0.444. The number of halogens is 1. The topological polar surface area (TPSA) is 58.4 Å². The number of ether oxygens (including phenoxy) is 1. The van der Waals surface area contributed by atoms with Gasteiger partial charge in [-0.05, 0) is 39.8 Å². The van der Waals surface area contributed by atoms with Gasteiger partial charge in [0.05, 0.1) is 31.1 Å². The minimum atomic E-state index is -1.04. The molecule has 1 aromatic heterocycles. The van der Waals surface area contributed by atoms with Crippen molar-refractivity contribution in [2.24, 2.45) is 0 Å². The average molecular weight is 359 g/mol. The summed E-state index contributed by atoms with van der Waals surface area (Å²) in [6.45, 7) is 7.99. The zero-order valence-electron chi connectivity index (χ0n) is 15.7. The monoisotopic (exact) mass is 359 g/mol. The van der Waals surface area contributed by atoms with E-state index in [9.17, 15) is 4.39 Å². The highest BCUT2D eigenvalue weighted by atomic mass is 19.1. The van der Waals surface area contributed by atoms with E-state index in [1.54, 1.807) is 18.0 Å². The number of rotatable bonds is 5. The second-order valence-corrected chi connectivity index (χ2v) is 7.27. The third-order valence-electron chi connectivity index (χ3n) is 4.85. The Labute approximate surface area is 153 Å². The van der Waals surface area contributed by atoms with Gasteiger partial charge >= 0.3 is 7.12 Å². The Morgan fingerprint density at radius 3 is 2.54 bits per heavy atom. The second-order valence-electron chi connectivity index (χ2n) is 7.27. The summed E-state index contributed by atoms with van der Waals surface area (Å²) in [5.74, 6) is 0.767. The van der Waals surface area contributed by atoms with Crippen LogP contribution in [0.2, 0.25) is 0 Å². The second kappa shape index (κ2) is 6.85. The summed E-state index contributed by atoms with van der Waals surface area (Å²) < 4.78 is 32.9. The Balaban J connectivity index is 1.73. The van der Waals surface area contributed by atoms with Gasteiger partial charge in [-0.25, -0.2) is 9.07 Å². The van der Waals surface area contributed by atoms with Gasteiger partial charge in [-0.2, -0.15) is 0 Å². The molecule has 0 unspecified atom stereocenters. The van der Waals surface area contributed by atoms with E-state index in [2.05, 4.69) is 10.3 Å². The van der Waals surface area contributed by atoms with E-state index in [4.69, 9.17) is 14.0 Å². The smallest absolute Gasteiger partial charge is 0.496 e. The highest BCUT2D eigenvalue weighted by molar-refractivity contribution is 6.54. The van der Waals surface area contributed by atoms with Gasteiger partial charge in [0.2, 0.25) is 0 Å². The van der Waals surface area contributed by atoms with Crippen LogP contribution in [0.4, 0.5) is 4.39 Å². The van der Waals surface area contributed by atoms with Crippen molar-refractivity contribution >= 4 is 13.2 Å². The molecule has 1 aromatic carbocycles. The fourth-order valence-corrected chi connectivity index (χ4v) is 2.63. The SMILES string of the molecule is COc1ccccc1Cn1cc(C=C(F)B2OC(C)(C)C(C)(C)O2)nn1. The molecule has 3 rings (SSSR count). The first-order valence-corrected chi connectivity index (χ1v) is 8.46. The summed E-state index contributed by atoms with van der Waals surface area (Å²) in [6.07, 6.45) is 2.95. The third-order valence-corrected chi connectivity index (χ3v) is 4.85. The van der Waals surface area contributed by atoms with Crippen molar-refractivity contribution < 1.29 is 18.4 Å². The maximum absolute atomic E-state index is 14.5. The normalized spacial score (nSPS) is 19.0. The van der Waals surface area contributed by atoms with Gasteiger partial charge in [-0.15, -0.1) is 5.10 Å². The first kappa shape index (κ1) is 18.6. The Bertz CT molecular complexity index is 804. The lowest BCUT2D eigenvalue weighted by molar-refractivity contribution is 0.00578. The molecule has 1 aliphatic rings. The van der Waals surface area contributed by atoms with Crippen molar-refractivity contribution in [2.75, 3.05) is 7.11 Å². The van der Waals surface area contributed by atoms with Gasteiger partial charge in [0.1, 0.15) is 17.2 Å². The molecule has 0 spiro atoms. The summed E-state index contributed by atoms with van der Waals surface area (Å²) in [4.78, 5) is 0. The minimum Gasteiger partial charge on any atom is -0.496 e. The predicted molar refractivity (Wildman–Crippen MR) is 97.3 cm³/mol. The van der Waals surface area contributed by atoms with E-state index in [-0.39, 0.29) is 0 Å². The number of nitrogens with zero attached hydrogens (tertiary/aromatic N) is 3. The fourth-order valence-electron chi connectivity index (χ4n) is 2.63. The average Bonchev–Trinajstić information content (AvgIpc) is 3.09. The lowest BCUT2D eigenvalue weighted by atomic mass is 9.87. The number of hydrogen-bond donors (Lipinski definition) is 0. The Kier molecular flexibility index (Phi) is 4.90. The van der Waals surface area contributed by atoms with E-state index < -0.39 is 24.0 Å². The van der Waals surface area contributed by atoms with Gasteiger partial charge in [0.15, 0.2) is 0 Å². The van der Waals surface area contributed by atoms with Gasteiger partial charge in [0.25, 0.3) is 0 Å². The standard InChI is InChI=1S/C18H23BFN3O3/c1-17(2)18(3,4)26-19(25-17)16(20)10-14-12-23(22-21-14)11-13-8-6-7-9-15(13)24-5/h6-10,12H,11H2,1-5H3. The summed E-state index contributed by atoms with van der Waals surface area (Å²) >= 11 is 0. The molecule has 2 aromatic rings. The Hall–Kier alpha value is -2.19. The van der Waals surface area contributed by atoms with Crippen molar-refractivity contribution in [2.45, 2.75) is 45.4 Å². The molecule has 0 saturated carbocycles. The summed E-state index contributed by atoms with van der Waals surface area (Å²) in [5.41, 5.74) is -0.365. The number of hydrogen-bond acceptors (Lipinski definition) is 5. The van der Waals surface area contributed by atoms with Gasteiger partial charge in [-0.1, -0.05) is 23.4 Å². The zero-order chi connectivity index (χ0) is 18.9. The summed E-state index contributed by atoms with van der Waals surface area (Å²) in [7, 11) is 0.577. The van der Waals surface area contributed by atoms with Crippen molar-refractivity contribution in [1.29, 1.82) is 0 Å². The van der Waals surface area contributed by atoms with Crippen molar-refractivity contribution in [1.82, 2.24) is 15.0 Å². The summed E-state index contributed by atoms with van der Waals surface area (Å²) in [5, 5.41) is 8.04. The molecular weight excluding hydrogens is 336 g/mol. The van der Waals surface area contributed by atoms with Crippen LogP contribution in [0, 0.1) is 0 Å². The molecular formula is C18H23BFN3O3. The van der Waals surface area contributed by atoms with Crippen molar-refractivity contribution in [3.8, 4) is 5.75 Å². The van der Waals surface area contributed by atoms with Crippen LogP contribution >= 0.6 is 0 Å². The number of aromatic nitrogens is 3. The quantitative estimate of drug-likeness (QED) is 0.767. The highest BCUT2D eigenvalue weighted by Crippen LogP contribution is 2.38. The molecule has 1 saturated heterocycles. The molecule has 2 heterocycles. The Morgan fingerprint density at radius 1 is 1.23 bits per heavy atom. The maximum Gasteiger partial charge on any atom is 0.525 e. The lowest BCUT2D eigenvalue weighted by Gasteiger charge is -2.32.